The van der Waals surface area contributed by atoms with E-state index in [9.17, 15) is 17.6 Å². The molecule has 0 saturated heterocycles. The van der Waals surface area contributed by atoms with Crippen LogP contribution in [-0.4, -0.2) is 24.9 Å². The van der Waals surface area contributed by atoms with Gasteiger partial charge in [0.1, 0.15) is 23.1 Å². The maximum atomic E-state index is 12.9. The zero-order valence-corrected chi connectivity index (χ0v) is 17.3. The molecular formula is C21H19ClFNO4S. The maximum Gasteiger partial charge on any atom is 0.228 e. The van der Waals surface area contributed by atoms with E-state index in [1.807, 2.05) is 0 Å². The minimum absolute atomic E-state index is 0.0630. The van der Waals surface area contributed by atoms with Crippen molar-refractivity contribution in [2.45, 2.75) is 25.5 Å². The van der Waals surface area contributed by atoms with E-state index >= 15 is 0 Å². The van der Waals surface area contributed by atoms with Gasteiger partial charge in [0.15, 0.2) is 9.84 Å². The molecule has 0 fully saturated rings. The summed E-state index contributed by atoms with van der Waals surface area (Å²) in [5.74, 6) is -1.14. The van der Waals surface area contributed by atoms with Crippen LogP contribution in [0.3, 0.4) is 0 Å². The molecule has 0 atom stereocenters. The fourth-order valence-electron chi connectivity index (χ4n) is 2.82. The van der Waals surface area contributed by atoms with Gasteiger partial charge in [-0.15, -0.1) is 0 Å². The van der Waals surface area contributed by atoms with Crippen molar-refractivity contribution >= 4 is 27.2 Å². The fourth-order valence-corrected chi connectivity index (χ4v) is 4.46. The van der Waals surface area contributed by atoms with Gasteiger partial charge in [-0.3, -0.25) is 4.79 Å². The van der Waals surface area contributed by atoms with Crippen molar-refractivity contribution in [1.29, 1.82) is 0 Å². The van der Waals surface area contributed by atoms with Gasteiger partial charge in [0.2, 0.25) is 5.89 Å². The first-order chi connectivity index (χ1) is 13.7. The fraction of sp³-hybridized carbons (Fsp3) is 0.238. The number of nitrogens with zero attached hydrogens (tertiary/aromatic N) is 1. The Morgan fingerprint density at radius 1 is 1.14 bits per heavy atom. The molecule has 0 unspecified atom stereocenters. The Labute approximate surface area is 173 Å². The lowest BCUT2D eigenvalue weighted by molar-refractivity contribution is -0.116. The Balaban J connectivity index is 1.64. The van der Waals surface area contributed by atoms with Crippen molar-refractivity contribution in [2.24, 2.45) is 0 Å². The third-order valence-electron chi connectivity index (χ3n) is 4.34. The van der Waals surface area contributed by atoms with E-state index in [4.69, 9.17) is 16.0 Å². The van der Waals surface area contributed by atoms with E-state index < -0.39 is 27.1 Å². The highest BCUT2D eigenvalue weighted by atomic mass is 35.5. The lowest BCUT2D eigenvalue weighted by atomic mass is 10.1. The number of sulfone groups is 1. The molecule has 3 rings (SSSR count). The number of carbonyl (C=O) groups excluding carboxylic acids is 1. The summed E-state index contributed by atoms with van der Waals surface area (Å²) in [6, 6.07) is 12.7. The van der Waals surface area contributed by atoms with Gasteiger partial charge < -0.3 is 4.42 Å². The van der Waals surface area contributed by atoms with Crippen molar-refractivity contribution in [3.8, 4) is 11.5 Å². The van der Waals surface area contributed by atoms with Crippen LogP contribution in [-0.2, 0) is 26.8 Å². The molecule has 0 N–H and O–H groups in total. The first kappa shape index (κ1) is 21.2. The highest BCUT2D eigenvalue weighted by Crippen LogP contribution is 2.29. The SMILES string of the molecule is Cc1oc(-c2ccccc2Cl)nc1CS(=O)(=O)CC(=O)CCc1ccc(F)cc1. The Hall–Kier alpha value is -2.51. The number of oxazole rings is 1. The van der Waals surface area contributed by atoms with Crippen LogP contribution in [0, 0.1) is 12.7 Å². The molecule has 0 aliphatic rings. The molecule has 0 radical (unpaired) electrons. The summed E-state index contributed by atoms with van der Waals surface area (Å²) in [5, 5.41) is 0.444. The lowest BCUT2D eigenvalue weighted by Gasteiger charge is -2.03. The molecule has 29 heavy (non-hydrogen) atoms. The van der Waals surface area contributed by atoms with Crippen LogP contribution in [0.25, 0.3) is 11.5 Å². The molecular weight excluding hydrogens is 417 g/mol. The lowest BCUT2D eigenvalue weighted by Crippen LogP contribution is -2.18. The van der Waals surface area contributed by atoms with E-state index in [1.54, 1.807) is 43.3 Å². The molecule has 0 aliphatic carbocycles. The Bertz CT molecular complexity index is 1120. The predicted octanol–water partition coefficient (Wildman–Crippen LogP) is 4.56. The monoisotopic (exact) mass is 435 g/mol. The van der Waals surface area contributed by atoms with E-state index in [0.29, 0.717) is 22.8 Å². The van der Waals surface area contributed by atoms with Crippen molar-refractivity contribution in [3.63, 3.8) is 0 Å². The van der Waals surface area contributed by atoms with Gasteiger partial charge in [-0.05, 0) is 43.2 Å². The summed E-state index contributed by atoms with van der Waals surface area (Å²) < 4.78 is 43.4. The second-order valence-electron chi connectivity index (χ2n) is 6.70. The third-order valence-corrected chi connectivity index (χ3v) is 6.14. The summed E-state index contributed by atoms with van der Waals surface area (Å²) in [5.41, 5.74) is 1.59. The summed E-state index contributed by atoms with van der Waals surface area (Å²) in [7, 11) is -3.71. The maximum absolute atomic E-state index is 12.9. The van der Waals surface area contributed by atoms with E-state index in [-0.39, 0.29) is 23.8 Å². The quantitative estimate of drug-likeness (QED) is 0.518. The van der Waals surface area contributed by atoms with Crippen LogP contribution in [0.2, 0.25) is 5.02 Å². The van der Waals surface area contributed by atoms with Gasteiger partial charge in [-0.1, -0.05) is 35.9 Å². The molecule has 0 spiro atoms. The number of carbonyl (C=O) groups is 1. The van der Waals surface area contributed by atoms with Gasteiger partial charge in [0.05, 0.1) is 22.0 Å². The molecule has 5 nitrogen and oxygen atoms in total. The number of aryl methyl sites for hydroxylation is 2. The number of halogens is 2. The second kappa shape index (κ2) is 8.88. The van der Waals surface area contributed by atoms with Crippen LogP contribution in [0.1, 0.15) is 23.4 Å². The molecule has 152 valence electrons. The van der Waals surface area contributed by atoms with Gasteiger partial charge in [-0.2, -0.15) is 0 Å². The zero-order valence-electron chi connectivity index (χ0n) is 15.7. The molecule has 2 aromatic carbocycles. The molecule has 1 heterocycles. The van der Waals surface area contributed by atoms with Crippen molar-refractivity contribution < 1.29 is 22.0 Å². The first-order valence-corrected chi connectivity index (χ1v) is 11.1. The smallest absolute Gasteiger partial charge is 0.228 e. The normalized spacial score (nSPS) is 11.6. The van der Waals surface area contributed by atoms with Crippen molar-refractivity contribution in [1.82, 2.24) is 4.98 Å². The molecule has 1 aromatic heterocycles. The Morgan fingerprint density at radius 3 is 2.52 bits per heavy atom. The Morgan fingerprint density at radius 2 is 1.83 bits per heavy atom. The molecule has 0 saturated carbocycles. The van der Waals surface area contributed by atoms with Gasteiger partial charge in [-0.25, -0.2) is 17.8 Å². The summed E-state index contributed by atoms with van der Waals surface area (Å²) in [6.45, 7) is 1.62. The number of ketones is 1. The van der Waals surface area contributed by atoms with Gasteiger partial charge in [0, 0.05) is 6.42 Å². The van der Waals surface area contributed by atoms with Gasteiger partial charge >= 0.3 is 0 Å². The number of Topliss-reactive ketones (excluding diaryl/α,β-unsaturated/α-hetero) is 1. The average molecular weight is 436 g/mol. The second-order valence-corrected chi connectivity index (χ2v) is 9.17. The van der Waals surface area contributed by atoms with Crippen LogP contribution in [0.15, 0.2) is 52.9 Å². The molecule has 0 bridgehead atoms. The summed E-state index contributed by atoms with van der Waals surface area (Å²) >= 11 is 6.13. The van der Waals surface area contributed by atoms with E-state index in [0.717, 1.165) is 5.56 Å². The zero-order chi connectivity index (χ0) is 21.0. The highest BCUT2D eigenvalue weighted by Gasteiger charge is 2.22. The standard InChI is InChI=1S/C21H19ClFNO4S/c1-14-20(24-21(28-14)18-4-2-3-5-19(18)22)13-29(26,27)12-17(25)11-8-15-6-9-16(23)10-7-15/h2-7,9-10H,8,11-13H2,1H3. The highest BCUT2D eigenvalue weighted by molar-refractivity contribution is 7.91. The first-order valence-electron chi connectivity index (χ1n) is 8.91. The van der Waals surface area contributed by atoms with Crippen LogP contribution >= 0.6 is 11.6 Å². The minimum Gasteiger partial charge on any atom is -0.441 e. The molecule has 0 amide bonds. The number of hydrogen-bond acceptors (Lipinski definition) is 5. The van der Waals surface area contributed by atoms with Gasteiger partial charge in [0.25, 0.3) is 0 Å². The topological polar surface area (TPSA) is 77.2 Å². The summed E-state index contributed by atoms with van der Waals surface area (Å²) in [6.07, 6.45) is 0.418. The number of hydrogen-bond donors (Lipinski definition) is 0. The minimum atomic E-state index is -3.71. The van der Waals surface area contributed by atoms with Crippen LogP contribution < -0.4 is 0 Å². The average Bonchev–Trinajstić information content (AvgIpc) is 3.00. The summed E-state index contributed by atoms with van der Waals surface area (Å²) in [4.78, 5) is 16.4. The molecule has 3 aromatic rings. The van der Waals surface area contributed by atoms with Crippen LogP contribution in [0.5, 0.6) is 0 Å². The molecule has 8 heteroatoms. The number of aromatic nitrogens is 1. The predicted molar refractivity (Wildman–Crippen MR) is 109 cm³/mol. The number of rotatable bonds is 8. The molecule has 0 aliphatic heterocycles. The van der Waals surface area contributed by atoms with Crippen LogP contribution in [0.4, 0.5) is 4.39 Å². The van der Waals surface area contributed by atoms with E-state index in [1.165, 1.54) is 12.1 Å². The van der Waals surface area contributed by atoms with E-state index in [2.05, 4.69) is 4.98 Å². The van der Waals surface area contributed by atoms with Crippen molar-refractivity contribution in [3.05, 3.63) is 76.4 Å². The number of benzene rings is 2. The Kier molecular flexibility index (Phi) is 6.49. The van der Waals surface area contributed by atoms with Crippen molar-refractivity contribution in [2.75, 3.05) is 5.75 Å². The largest absolute Gasteiger partial charge is 0.441 e. The third kappa shape index (κ3) is 5.74.